The number of morpholine rings is 1. The molecule has 1 amide bonds. The van der Waals surface area contributed by atoms with Gasteiger partial charge in [-0.3, -0.25) is 14.6 Å². The van der Waals surface area contributed by atoms with Crippen LogP contribution in [0.3, 0.4) is 0 Å². The zero-order valence-electron chi connectivity index (χ0n) is 18.3. The van der Waals surface area contributed by atoms with Gasteiger partial charge in [-0.25, -0.2) is 0 Å². The fraction of sp³-hybridized carbons (Fsp3) is 0.296. The molecule has 5 nitrogen and oxygen atoms in total. The lowest BCUT2D eigenvalue weighted by Gasteiger charge is -2.33. The molecule has 0 spiro atoms. The zero-order valence-corrected chi connectivity index (χ0v) is 18.3. The van der Waals surface area contributed by atoms with Gasteiger partial charge in [0.05, 0.1) is 31.5 Å². The lowest BCUT2D eigenvalue weighted by Crippen LogP contribution is -2.47. The van der Waals surface area contributed by atoms with Crippen LogP contribution < -0.4 is 9.64 Å². The van der Waals surface area contributed by atoms with E-state index in [1.165, 1.54) is 0 Å². The van der Waals surface area contributed by atoms with Gasteiger partial charge in [-0.15, -0.1) is 0 Å². The SMILES string of the molecule is COc1ccccc1N(C(=O)CN1CC2CCC(C1)O2)c1ccc(-c2ccccc2)cc1. The highest BCUT2D eigenvalue weighted by Crippen LogP contribution is 2.35. The molecule has 2 saturated heterocycles. The van der Waals surface area contributed by atoms with E-state index in [-0.39, 0.29) is 18.1 Å². The number of para-hydroxylation sites is 2. The van der Waals surface area contributed by atoms with E-state index in [1.807, 2.05) is 54.6 Å². The summed E-state index contributed by atoms with van der Waals surface area (Å²) in [5.41, 5.74) is 3.85. The van der Waals surface area contributed by atoms with Crippen LogP contribution in [0.4, 0.5) is 11.4 Å². The number of methoxy groups -OCH3 is 1. The standard InChI is InChI=1S/C27H28N2O3/c1-31-26-10-6-5-9-25(26)29(27(30)19-28-17-23-15-16-24(18-28)32-23)22-13-11-21(12-14-22)20-7-3-2-4-8-20/h2-14,23-24H,15-19H2,1H3. The summed E-state index contributed by atoms with van der Waals surface area (Å²) in [4.78, 5) is 17.7. The smallest absolute Gasteiger partial charge is 0.245 e. The Kier molecular flexibility index (Phi) is 5.93. The molecule has 0 aliphatic carbocycles. The summed E-state index contributed by atoms with van der Waals surface area (Å²) in [5.74, 6) is 0.707. The Balaban J connectivity index is 1.45. The fourth-order valence-corrected chi connectivity index (χ4v) is 4.76. The first-order chi connectivity index (χ1) is 15.7. The number of carbonyl (C=O) groups is 1. The van der Waals surface area contributed by atoms with Gasteiger partial charge in [-0.05, 0) is 48.2 Å². The van der Waals surface area contributed by atoms with E-state index < -0.39 is 0 Å². The first-order valence-corrected chi connectivity index (χ1v) is 11.2. The predicted octanol–water partition coefficient (Wildman–Crippen LogP) is 4.89. The Morgan fingerprint density at radius 2 is 1.53 bits per heavy atom. The fourth-order valence-electron chi connectivity index (χ4n) is 4.76. The van der Waals surface area contributed by atoms with Crippen LogP contribution in [0, 0.1) is 0 Å². The molecule has 164 valence electrons. The molecule has 0 radical (unpaired) electrons. The lowest BCUT2D eigenvalue weighted by molar-refractivity contribution is -0.121. The minimum Gasteiger partial charge on any atom is -0.495 e. The van der Waals surface area contributed by atoms with Crippen LogP contribution in [0.1, 0.15) is 12.8 Å². The topological polar surface area (TPSA) is 42.0 Å². The minimum atomic E-state index is 0.0308. The van der Waals surface area contributed by atoms with Crippen LogP contribution in [0.25, 0.3) is 11.1 Å². The van der Waals surface area contributed by atoms with E-state index in [4.69, 9.17) is 9.47 Å². The van der Waals surface area contributed by atoms with Crippen LogP contribution in [0.15, 0.2) is 78.9 Å². The highest BCUT2D eigenvalue weighted by Gasteiger charge is 2.35. The van der Waals surface area contributed by atoms with Crippen molar-refractivity contribution in [3.05, 3.63) is 78.9 Å². The molecule has 2 fully saturated rings. The Bertz CT molecular complexity index is 1060. The molecule has 0 N–H and O–H groups in total. The number of hydrogen-bond acceptors (Lipinski definition) is 4. The normalized spacial score (nSPS) is 20.2. The summed E-state index contributed by atoms with van der Waals surface area (Å²) in [6.45, 7) is 1.98. The van der Waals surface area contributed by atoms with Crippen molar-refractivity contribution in [1.29, 1.82) is 0 Å². The molecule has 0 saturated carbocycles. The minimum absolute atomic E-state index is 0.0308. The van der Waals surface area contributed by atoms with E-state index in [1.54, 1.807) is 12.0 Å². The van der Waals surface area contributed by atoms with Gasteiger partial charge in [0.2, 0.25) is 5.91 Å². The molecular formula is C27H28N2O3. The molecule has 0 aromatic heterocycles. The highest BCUT2D eigenvalue weighted by molar-refractivity contribution is 6.03. The second-order valence-electron chi connectivity index (χ2n) is 8.47. The number of hydrogen-bond donors (Lipinski definition) is 0. The van der Waals surface area contributed by atoms with Gasteiger partial charge in [0.25, 0.3) is 0 Å². The predicted molar refractivity (Wildman–Crippen MR) is 126 cm³/mol. The summed E-state index contributed by atoms with van der Waals surface area (Å²) in [7, 11) is 1.64. The first-order valence-electron chi connectivity index (χ1n) is 11.2. The van der Waals surface area contributed by atoms with Crippen molar-refractivity contribution in [2.24, 2.45) is 0 Å². The number of anilines is 2. The summed E-state index contributed by atoms with van der Waals surface area (Å²) in [6, 6.07) is 26.1. The van der Waals surface area contributed by atoms with Crippen molar-refractivity contribution < 1.29 is 14.3 Å². The third kappa shape index (κ3) is 4.27. The van der Waals surface area contributed by atoms with Gasteiger partial charge >= 0.3 is 0 Å². The van der Waals surface area contributed by atoms with E-state index >= 15 is 0 Å². The van der Waals surface area contributed by atoms with Crippen LogP contribution in [-0.2, 0) is 9.53 Å². The second kappa shape index (κ2) is 9.15. The summed E-state index contributed by atoms with van der Waals surface area (Å²) < 4.78 is 11.5. The zero-order chi connectivity index (χ0) is 21.9. The molecule has 2 aliphatic heterocycles. The van der Waals surface area contributed by atoms with Gasteiger partial charge in [-0.2, -0.15) is 0 Å². The van der Waals surface area contributed by atoms with E-state index in [0.717, 1.165) is 48.4 Å². The maximum absolute atomic E-state index is 13.7. The maximum Gasteiger partial charge on any atom is 0.245 e. The molecule has 32 heavy (non-hydrogen) atoms. The molecular weight excluding hydrogens is 400 g/mol. The number of rotatable bonds is 6. The molecule has 2 unspecified atom stereocenters. The number of ether oxygens (including phenoxy) is 2. The highest BCUT2D eigenvalue weighted by atomic mass is 16.5. The number of benzene rings is 3. The van der Waals surface area contributed by atoms with Crippen LogP contribution in [-0.4, -0.2) is 49.8 Å². The van der Waals surface area contributed by atoms with Gasteiger partial charge < -0.3 is 9.47 Å². The van der Waals surface area contributed by atoms with Crippen LogP contribution in [0.2, 0.25) is 0 Å². The van der Waals surface area contributed by atoms with Crippen LogP contribution >= 0.6 is 0 Å². The Labute approximate surface area is 189 Å². The summed E-state index contributed by atoms with van der Waals surface area (Å²) >= 11 is 0. The van der Waals surface area contributed by atoms with E-state index in [2.05, 4.69) is 29.2 Å². The Morgan fingerprint density at radius 3 is 2.22 bits per heavy atom. The number of carbonyl (C=O) groups excluding carboxylic acids is 1. The summed E-state index contributed by atoms with van der Waals surface area (Å²) in [5, 5.41) is 0. The average Bonchev–Trinajstić information content (AvgIpc) is 3.18. The molecule has 5 rings (SSSR count). The lowest BCUT2D eigenvalue weighted by atomic mass is 10.1. The van der Waals surface area contributed by atoms with Gasteiger partial charge in [0, 0.05) is 18.8 Å². The maximum atomic E-state index is 13.7. The van der Waals surface area contributed by atoms with Gasteiger partial charge in [0.15, 0.2) is 0 Å². The number of fused-ring (bicyclic) bond motifs is 2. The number of nitrogens with zero attached hydrogens (tertiary/aromatic N) is 2. The molecule has 3 aromatic rings. The molecule has 3 aromatic carbocycles. The van der Waals surface area contributed by atoms with Crippen molar-refractivity contribution in [3.63, 3.8) is 0 Å². The third-order valence-corrected chi connectivity index (χ3v) is 6.29. The molecule has 2 atom stereocenters. The summed E-state index contributed by atoms with van der Waals surface area (Å²) in [6.07, 6.45) is 2.69. The second-order valence-corrected chi connectivity index (χ2v) is 8.47. The van der Waals surface area contributed by atoms with Crippen molar-refractivity contribution in [3.8, 4) is 16.9 Å². The van der Waals surface area contributed by atoms with Gasteiger partial charge in [-0.1, -0.05) is 54.6 Å². The molecule has 5 heteroatoms. The van der Waals surface area contributed by atoms with E-state index in [9.17, 15) is 4.79 Å². The molecule has 2 heterocycles. The first kappa shape index (κ1) is 20.7. The van der Waals surface area contributed by atoms with Crippen molar-refractivity contribution >= 4 is 17.3 Å². The largest absolute Gasteiger partial charge is 0.495 e. The van der Waals surface area contributed by atoms with Crippen molar-refractivity contribution in [2.45, 2.75) is 25.0 Å². The molecule has 2 bridgehead atoms. The Morgan fingerprint density at radius 1 is 0.906 bits per heavy atom. The number of likely N-dealkylation sites (tertiary alicyclic amines) is 1. The average molecular weight is 429 g/mol. The van der Waals surface area contributed by atoms with Crippen molar-refractivity contribution in [2.75, 3.05) is 31.6 Å². The van der Waals surface area contributed by atoms with Crippen molar-refractivity contribution in [1.82, 2.24) is 4.90 Å². The van der Waals surface area contributed by atoms with Gasteiger partial charge in [0.1, 0.15) is 5.75 Å². The third-order valence-electron chi connectivity index (χ3n) is 6.29. The monoisotopic (exact) mass is 428 g/mol. The number of amides is 1. The van der Waals surface area contributed by atoms with E-state index in [0.29, 0.717) is 12.3 Å². The Hall–Kier alpha value is -3.15. The molecule has 2 aliphatic rings. The van der Waals surface area contributed by atoms with Crippen LogP contribution in [0.5, 0.6) is 5.75 Å². The quantitative estimate of drug-likeness (QED) is 0.561.